The summed E-state index contributed by atoms with van der Waals surface area (Å²) in [4.78, 5) is -0.299. The van der Waals surface area contributed by atoms with Crippen LogP contribution in [0.2, 0.25) is 0 Å². The molecule has 2 nitrogen and oxygen atoms in total. The van der Waals surface area contributed by atoms with E-state index in [0.717, 1.165) is 11.5 Å². The lowest BCUT2D eigenvalue weighted by atomic mass is 10.1. The van der Waals surface area contributed by atoms with Crippen molar-refractivity contribution in [3.05, 3.63) is 47.1 Å². The third kappa shape index (κ3) is 1.90. The van der Waals surface area contributed by atoms with Crippen molar-refractivity contribution in [1.29, 1.82) is 0 Å². The van der Waals surface area contributed by atoms with Gasteiger partial charge >= 0.3 is 0 Å². The first-order valence-electron chi connectivity index (χ1n) is 4.84. The Balaban J connectivity index is 2.26. The van der Waals surface area contributed by atoms with E-state index in [4.69, 9.17) is 9.47 Å². The average Bonchev–Trinajstić information content (AvgIpc) is 2.75. The largest absolute Gasteiger partial charge is 0.491 e. The van der Waals surface area contributed by atoms with Gasteiger partial charge in [-0.15, -0.1) is 0 Å². The van der Waals surface area contributed by atoms with E-state index in [0.29, 0.717) is 0 Å². The summed E-state index contributed by atoms with van der Waals surface area (Å²) in [5, 5.41) is 0.931. The van der Waals surface area contributed by atoms with E-state index in [2.05, 4.69) is 18.2 Å². The Labute approximate surface area is 94.3 Å². The van der Waals surface area contributed by atoms with Gasteiger partial charge in [-0.2, -0.15) is 0 Å². The van der Waals surface area contributed by atoms with Crippen LogP contribution in [0, 0.1) is 0 Å². The molecule has 1 aliphatic rings. The van der Waals surface area contributed by atoms with Crippen LogP contribution in [0.5, 0.6) is 0 Å². The lowest BCUT2D eigenvalue weighted by molar-refractivity contribution is 0.0745. The van der Waals surface area contributed by atoms with Crippen molar-refractivity contribution in [1.82, 2.24) is 0 Å². The first kappa shape index (κ1) is 10.6. The Bertz CT molecular complexity index is 361. The zero-order valence-corrected chi connectivity index (χ0v) is 9.71. The van der Waals surface area contributed by atoms with E-state index < -0.39 is 0 Å². The Kier molecular flexibility index (Phi) is 3.03. The molecule has 0 saturated carbocycles. The monoisotopic (exact) mass is 222 g/mol. The van der Waals surface area contributed by atoms with E-state index in [1.807, 2.05) is 18.2 Å². The molecule has 0 amide bonds. The summed E-state index contributed by atoms with van der Waals surface area (Å²) in [5.74, 6) is 0. The molecule has 0 radical (unpaired) electrons. The Morgan fingerprint density at radius 1 is 1.20 bits per heavy atom. The molecule has 0 bridgehead atoms. The van der Waals surface area contributed by atoms with Crippen molar-refractivity contribution in [3.63, 3.8) is 0 Å². The molecule has 0 aromatic heterocycles. The number of benzene rings is 1. The fourth-order valence-electron chi connectivity index (χ4n) is 1.70. The first-order valence-corrected chi connectivity index (χ1v) is 5.66. The van der Waals surface area contributed by atoms with Gasteiger partial charge in [0.1, 0.15) is 4.93 Å². The molecule has 0 spiro atoms. The summed E-state index contributed by atoms with van der Waals surface area (Å²) >= 11 is 1.63. The smallest absolute Gasteiger partial charge is 0.152 e. The summed E-state index contributed by atoms with van der Waals surface area (Å²) < 4.78 is 10.9. The van der Waals surface area contributed by atoms with Gasteiger partial charge in [-0.25, -0.2) is 0 Å². The fraction of sp³-hybridized carbons (Fsp3) is 0.333. The van der Waals surface area contributed by atoms with Gasteiger partial charge in [0.05, 0.1) is 7.11 Å². The van der Waals surface area contributed by atoms with Gasteiger partial charge in [0, 0.05) is 13.5 Å². The summed E-state index contributed by atoms with van der Waals surface area (Å²) in [7, 11) is 3.43. The lowest BCUT2D eigenvalue weighted by Gasteiger charge is -2.27. The number of thioether (sulfide) groups is 1. The molecule has 0 aliphatic carbocycles. The van der Waals surface area contributed by atoms with Crippen LogP contribution in [0.3, 0.4) is 0 Å². The van der Waals surface area contributed by atoms with E-state index in [1.54, 1.807) is 26.0 Å². The topological polar surface area (TPSA) is 18.5 Å². The summed E-state index contributed by atoms with van der Waals surface area (Å²) in [5.41, 5.74) is 1.18. The van der Waals surface area contributed by atoms with E-state index in [9.17, 15) is 0 Å². The number of ether oxygens (including phenoxy) is 2. The van der Waals surface area contributed by atoms with Gasteiger partial charge in [-0.3, -0.25) is 0 Å². The predicted molar refractivity (Wildman–Crippen MR) is 62.4 cm³/mol. The average molecular weight is 222 g/mol. The van der Waals surface area contributed by atoms with Crippen LogP contribution in [-0.2, 0) is 14.4 Å². The molecule has 1 atom stereocenters. The molecule has 1 heterocycles. The third-order valence-corrected chi connectivity index (χ3v) is 3.98. The Hall–Kier alpha value is -0.930. The molecule has 1 aromatic rings. The summed E-state index contributed by atoms with van der Waals surface area (Å²) in [6, 6.07) is 10.2. The highest BCUT2D eigenvalue weighted by atomic mass is 32.2. The molecule has 0 saturated heterocycles. The third-order valence-electron chi connectivity index (χ3n) is 2.55. The SMILES string of the molecule is COC1=CCC(OC)(c2ccccc2)S1. The van der Waals surface area contributed by atoms with Crippen molar-refractivity contribution in [2.45, 2.75) is 11.4 Å². The van der Waals surface area contributed by atoms with Gasteiger partial charge in [0.15, 0.2) is 5.09 Å². The molecule has 1 aromatic carbocycles. The maximum Gasteiger partial charge on any atom is 0.152 e. The first-order chi connectivity index (χ1) is 7.30. The van der Waals surface area contributed by atoms with Crippen LogP contribution >= 0.6 is 11.8 Å². The van der Waals surface area contributed by atoms with E-state index in [-0.39, 0.29) is 4.93 Å². The maximum absolute atomic E-state index is 5.65. The molecule has 15 heavy (non-hydrogen) atoms. The van der Waals surface area contributed by atoms with Crippen LogP contribution in [0.25, 0.3) is 0 Å². The molecule has 3 heteroatoms. The van der Waals surface area contributed by atoms with Gasteiger partial charge < -0.3 is 9.47 Å². The van der Waals surface area contributed by atoms with E-state index in [1.165, 1.54) is 5.56 Å². The second-order valence-corrected chi connectivity index (χ2v) is 4.62. The van der Waals surface area contributed by atoms with Crippen molar-refractivity contribution in [3.8, 4) is 0 Å². The molecule has 80 valence electrons. The van der Waals surface area contributed by atoms with Crippen molar-refractivity contribution < 1.29 is 9.47 Å². The maximum atomic E-state index is 5.65. The van der Waals surface area contributed by atoms with Gasteiger partial charge in [0.2, 0.25) is 0 Å². The highest BCUT2D eigenvalue weighted by Gasteiger charge is 2.38. The highest BCUT2D eigenvalue weighted by molar-refractivity contribution is 8.03. The van der Waals surface area contributed by atoms with Gasteiger partial charge in [-0.05, 0) is 23.4 Å². The molecule has 1 aliphatic heterocycles. The molecule has 0 fully saturated rings. The molecule has 0 N–H and O–H groups in total. The van der Waals surface area contributed by atoms with Gasteiger partial charge in [0.25, 0.3) is 0 Å². The summed E-state index contributed by atoms with van der Waals surface area (Å²) in [6.45, 7) is 0. The van der Waals surface area contributed by atoms with Crippen LogP contribution in [0.15, 0.2) is 41.5 Å². The van der Waals surface area contributed by atoms with Crippen LogP contribution < -0.4 is 0 Å². The fourth-order valence-corrected chi connectivity index (χ4v) is 2.78. The van der Waals surface area contributed by atoms with Crippen LogP contribution in [0.1, 0.15) is 12.0 Å². The lowest BCUT2D eigenvalue weighted by Crippen LogP contribution is -2.21. The van der Waals surface area contributed by atoms with Crippen molar-refractivity contribution in [2.24, 2.45) is 0 Å². The minimum absolute atomic E-state index is 0.299. The van der Waals surface area contributed by atoms with Gasteiger partial charge in [-0.1, -0.05) is 30.3 Å². The van der Waals surface area contributed by atoms with Crippen molar-refractivity contribution >= 4 is 11.8 Å². The second-order valence-electron chi connectivity index (χ2n) is 3.36. The molecular formula is C12H14O2S. The number of rotatable bonds is 3. The summed E-state index contributed by atoms with van der Waals surface area (Å²) in [6.07, 6.45) is 2.92. The number of hydrogen-bond acceptors (Lipinski definition) is 3. The zero-order chi connectivity index (χ0) is 10.7. The minimum Gasteiger partial charge on any atom is -0.491 e. The molecule has 1 unspecified atom stereocenters. The van der Waals surface area contributed by atoms with Crippen LogP contribution in [-0.4, -0.2) is 14.2 Å². The van der Waals surface area contributed by atoms with Crippen molar-refractivity contribution in [2.75, 3.05) is 14.2 Å². The molecular weight excluding hydrogens is 208 g/mol. The number of methoxy groups -OCH3 is 2. The van der Waals surface area contributed by atoms with Crippen LogP contribution in [0.4, 0.5) is 0 Å². The number of hydrogen-bond donors (Lipinski definition) is 0. The quantitative estimate of drug-likeness (QED) is 0.783. The van der Waals surface area contributed by atoms with E-state index >= 15 is 0 Å². The second kappa shape index (κ2) is 4.29. The Morgan fingerprint density at radius 3 is 2.47 bits per heavy atom. The Morgan fingerprint density at radius 2 is 1.93 bits per heavy atom. The predicted octanol–water partition coefficient (Wildman–Crippen LogP) is 3.11. The highest BCUT2D eigenvalue weighted by Crippen LogP contribution is 2.49. The molecule has 2 rings (SSSR count). The normalized spacial score (nSPS) is 25.1. The standard InChI is InChI=1S/C12H14O2S/c1-13-11-8-9-12(14-2,15-11)10-6-4-3-5-7-10/h3-8H,9H2,1-2H3. The minimum atomic E-state index is -0.299. The zero-order valence-electron chi connectivity index (χ0n) is 8.90.